The third kappa shape index (κ3) is 9.63. The lowest BCUT2D eigenvalue weighted by Crippen LogP contribution is -2.56. The van der Waals surface area contributed by atoms with Gasteiger partial charge in [-0.2, -0.15) is 0 Å². The number of halogens is 3. The third-order valence-electron chi connectivity index (χ3n) is 9.79. The molecule has 0 unspecified atom stereocenters. The van der Waals surface area contributed by atoms with E-state index in [0.717, 1.165) is 22.4 Å². The van der Waals surface area contributed by atoms with Crippen molar-refractivity contribution in [3.8, 4) is 11.5 Å². The average Bonchev–Trinajstić information content (AvgIpc) is 3.53. The van der Waals surface area contributed by atoms with Crippen molar-refractivity contribution in [1.82, 2.24) is 19.6 Å². The Morgan fingerprint density at radius 3 is 1.91 bits per heavy atom. The van der Waals surface area contributed by atoms with Gasteiger partial charge in [-0.1, -0.05) is 75.7 Å². The van der Waals surface area contributed by atoms with Crippen LogP contribution in [0.2, 0.25) is 10.0 Å². The fourth-order valence-corrected chi connectivity index (χ4v) is 7.33. The molecule has 2 saturated heterocycles. The fourth-order valence-electron chi connectivity index (χ4n) is 7.08. The molecule has 3 aromatic carbocycles. The summed E-state index contributed by atoms with van der Waals surface area (Å²) in [7, 11) is 0. The van der Waals surface area contributed by atoms with E-state index in [-0.39, 0.29) is 37.2 Å². The van der Waals surface area contributed by atoms with Crippen LogP contribution in [0.5, 0.6) is 11.5 Å². The molecule has 0 aliphatic carbocycles. The molecule has 2 fully saturated rings. The van der Waals surface area contributed by atoms with Gasteiger partial charge in [-0.05, 0) is 66.8 Å². The quantitative estimate of drug-likeness (QED) is 0.217. The van der Waals surface area contributed by atoms with E-state index in [4.69, 9.17) is 42.4 Å². The van der Waals surface area contributed by atoms with E-state index in [9.17, 15) is 4.79 Å². The van der Waals surface area contributed by atoms with Gasteiger partial charge >= 0.3 is 6.03 Å². The number of amides is 3. The molecule has 0 aromatic heterocycles. The van der Waals surface area contributed by atoms with Gasteiger partial charge in [0.2, 0.25) is 5.91 Å². The second-order valence-electron chi connectivity index (χ2n) is 14.3. The van der Waals surface area contributed by atoms with E-state index in [1.54, 1.807) is 0 Å². The molecular formula is C41H54Cl3N5O5. The Labute approximate surface area is 336 Å². The number of ether oxygens (including phenoxy) is 3. The maximum absolute atomic E-state index is 15.1. The molecule has 294 valence electrons. The maximum Gasteiger partial charge on any atom is 0.326 e. The first-order valence-electron chi connectivity index (χ1n) is 18.2. The number of aliphatic imine (C=N–C) groups is 1. The van der Waals surface area contributed by atoms with E-state index >= 15 is 4.79 Å². The van der Waals surface area contributed by atoms with E-state index in [2.05, 4.69) is 25.7 Å². The predicted molar refractivity (Wildman–Crippen MR) is 219 cm³/mol. The molecule has 2 atom stereocenters. The number of rotatable bonds is 9. The first-order valence-corrected chi connectivity index (χ1v) is 18.9. The van der Waals surface area contributed by atoms with Gasteiger partial charge in [0.05, 0.1) is 44.6 Å². The maximum atomic E-state index is 15.1. The second-order valence-corrected chi connectivity index (χ2v) is 15.2. The van der Waals surface area contributed by atoms with Crippen LogP contribution in [0.4, 0.5) is 4.79 Å². The molecule has 3 heterocycles. The Morgan fingerprint density at radius 1 is 0.796 bits per heavy atom. The molecule has 0 N–H and O–H groups in total. The highest BCUT2D eigenvalue weighted by Gasteiger charge is 2.45. The standard InChI is InChI=1S/C40H49Cl2N5O5.CH4.ClH/c1-6-51-33-25-32(40(3,4)5)34(52-7-2)24-31(33)38-43-36(27-8-12-29(41)13-9-27)37(28-10-14-30(42)15-11-28)47(38)39(49)46-18-16-44(17-19-46)26-35(48)45-20-22-50-23-21-45;;/h8-15,24-25,36-37H,6-7,16-23,26H2,1-5H3;1H4;1H/t36-,37+;;/m0../s1. The second kappa shape index (κ2) is 18.9. The van der Waals surface area contributed by atoms with Crippen molar-refractivity contribution in [2.75, 3.05) is 72.2 Å². The Kier molecular flexibility index (Phi) is 15.1. The summed E-state index contributed by atoms with van der Waals surface area (Å²) in [6, 6.07) is 18.1. The lowest BCUT2D eigenvalue weighted by molar-refractivity contribution is -0.136. The van der Waals surface area contributed by atoms with Crippen LogP contribution in [0.15, 0.2) is 65.7 Å². The average molecular weight is 803 g/mol. The molecule has 54 heavy (non-hydrogen) atoms. The van der Waals surface area contributed by atoms with Crippen LogP contribution in [0.25, 0.3) is 0 Å². The lowest BCUT2D eigenvalue weighted by Gasteiger charge is -2.39. The van der Waals surface area contributed by atoms with Crippen molar-refractivity contribution in [2.24, 2.45) is 4.99 Å². The molecule has 0 radical (unpaired) electrons. The van der Waals surface area contributed by atoms with Crippen LogP contribution in [0.3, 0.4) is 0 Å². The van der Waals surface area contributed by atoms with Crippen LogP contribution < -0.4 is 9.47 Å². The van der Waals surface area contributed by atoms with Crippen LogP contribution in [-0.2, 0) is 14.9 Å². The number of nitrogens with zero attached hydrogens (tertiary/aromatic N) is 5. The van der Waals surface area contributed by atoms with Crippen molar-refractivity contribution in [3.05, 3.63) is 93.0 Å². The monoisotopic (exact) mass is 801 g/mol. The summed E-state index contributed by atoms with van der Waals surface area (Å²) in [5.41, 5.74) is 3.25. The first kappa shape index (κ1) is 43.2. The molecule has 0 bridgehead atoms. The van der Waals surface area contributed by atoms with E-state index in [1.807, 2.05) is 89.2 Å². The molecule has 3 aliphatic heterocycles. The topological polar surface area (TPSA) is 87.2 Å². The van der Waals surface area contributed by atoms with Gasteiger partial charge in [-0.3, -0.25) is 19.6 Å². The zero-order chi connectivity index (χ0) is 37.0. The Bertz CT molecular complexity index is 1750. The number of piperazine rings is 1. The molecule has 0 saturated carbocycles. The number of morpholine rings is 1. The number of benzene rings is 3. The zero-order valence-electron chi connectivity index (χ0n) is 31.1. The minimum absolute atomic E-state index is 0. The van der Waals surface area contributed by atoms with Crippen molar-refractivity contribution >= 4 is 53.4 Å². The van der Waals surface area contributed by atoms with Crippen LogP contribution in [0.1, 0.15) is 76.4 Å². The summed E-state index contributed by atoms with van der Waals surface area (Å²) in [6.07, 6.45) is 0. The van der Waals surface area contributed by atoms with Crippen molar-refractivity contribution in [3.63, 3.8) is 0 Å². The molecule has 0 spiro atoms. The highest BCUT2D eigenvalue weighted by molar-refractivity contribution is 6.30. The van der Waals surface area contributed by atoms with Crippen molar-refractivity contribution in [2.45, 2.75) is 59.5 Å². The number of amidine groups is 1. The number of hydrogen-bond acceptors (Lipinski definition) is 7. The molecule has 3 amide bonds. The number of carbonyl (C=O) groups is 2. The van der Waals surface area contributed by atoms with Gasteiger partial charge in [0.25, 0.3) is 0 Å². The van der Waals surface area contributed by atoms with Gasteiger partial charge in [-0.25, -0.2) is 4.79 Å². The smallest absolute Gasteiger partial charge is 0.326 e. The molecule has 6 rings (SSSR count). The Balaban J connectivity index is 0.00000325. The SMILES string of the molecule is C.CCOc1cc(C(C)(C)C)c(OCC)cc1C1=N[C@@H](c2ccc(Cl)cc2)[C@@H](c2ccc(Cl)cc2)N1C(=O)N1CCN(CC(=O)N2CCOCC2)CC1.Cl. The van der Waals surface area contributed by atoms with Crippen LogP contribution in [-0.4, -0.2) is 110 Å². The summed E-state index contributed by atoms with van der Waals surface area (Å²) >= 11 is 12.7. The third-order valence-corrected chi connectivity index (χ3v) is 10.3. The summed E-state index contributed by atoms with van der Waals surface area (Å²) in [6.45, 7) is 16.0. The summed E-state index contributed by atoms with van der Waals surface area (Å²) in [5, 5.41) is 1.22. The number of urea groups is 1. The molecule has 10 nitrogen and oxygen atoms in total. The minimum Gasteiger partial charge on any atom is -0.494 e. The Morgan fingerprint density at radius 2 is 1.35 bits per heavy atom. The highest BCUT2D eigenvalue weighted by Crippen LogP contribution is 2.47. The van der Waals surface area contributed by atoms with E-state index < -0.39 is 12.1 Å². The Hall–Kier alpha value is -3.54. The molecule has 13 heteroatoms. The summed E-state index contributed by atoms with van der Waals surface area (Å²) < 4.78 is 18.0. The largest absolute Gasteiger partial charge is 0.494 e. The van der Waals surface area contributed by atoms with Crippen LogP contribution >= 0.6 is 35.6 Å². The molecular weight excluding hydrogens is 749 g/mol. The van der Waals surface area contributed by atoms with Gasteiger partial charge in [-0.15, -0.1) is 12.4 Å². The highest BCUT2D eigenvalue weighted by atomic mass is 35.5. The zero-order valence-corrected chi connectivity index (χ0v) is 33.5. The lowest BCUT2D eigenvalue weighted by atomic mass is 9.85. The summed E-state index contributed by atoms with van der Waals surface area (Å²) in [4.78, 5) is 41.2. The van der Waals surface area contributed by atoms with Crippen molar-refractivity contribution in [1.29, 1.82) is 0 Å². The predicted octanol–water partition coefficient (Wildman–Crippen LogP) is 8.29. The van der Waals surface area contributed by atoms with Crippen LogP contribution in [0, 0.1) is 0 Å². The number of carbonyl (C=O) groups excluding carboxylic acids is 2. The van der Waals surface area contributed by atoms with Gasteiger partial charge < -0.3 is 24.0 Å². The normalized spacial score (nSPS) is 19.1. The number of hydrogen-bond donors (Lipinski definition) is 0. The molecule has 3 aromatic rings. The fraction of sp³-hybridized carbons (Fsp3) is 0.488. The van der Waals surface area contributed by atoms with E-state index in [1.165, 1.54) is 0 Å². The first-order chi connectivity index (χ1) is 25.0. The van der Waals surface area contributed by atoms with Gasteiger partial charge in [0.15, 0.2) is 0 Å². The van der Waals surface area contributed by atoms with E-state index in [0.29, 0.717) is 99.4 Å². The van der Waals surface area contributed by atoms with Crippen molar-refractivity contribution < 1.29 is 23.8 Å². The molecule has 3 aliphatic rings. The minimum atomic E-state index is -0.505. The van der Waals surface area contributed by atoms with Gasteiger partial charge in [0, 0.05) is 54.9 Å². The summed E-state index contributed by atoms with van der Waals surface area (Å²) in [5.74, 6) is 1.95. The van der Waals surface area contributed by atoms with Gasteiger partial charge in [0.1, 0.15) is 23.4 Å².